The lowest BCUT2D eigenvalue weighted by Gasteiger charge is -2.36. The minimum absolute atomic E-state index is 0.0585. The number of furan rings is 1. The first-order valence-corrected chi connectivity index (χ1v) is 9.16. The number of nitrogens with one attached hydrogen (secondary N) is 2. The van der Waals surface area contributed by atoms with Gasteiger partial charge < -0.3 is 24.1 Å². The van der Waals surface area contributed by atoms with E-state index in [0.29, 0.717) is 19.7 Å². The Kier molecular flexibility index (Phi) is 6.40. The molecule has 146 valence electrons. The SMILES string of the molecule is O=C(CC1C(=O)NCCN1C(=S)NC(=O)c1ccco1)OCC1CCCO1. The first-order chi connectivity index (χ1) is 13.0. The lowest BCUT2D eigenvalue weighted by molar-refractivity contribution is -0.150. The highest BCUT2D eigenvalue weighted by Crippen LogP contribution is 2.14. The molecule has 2 saturated heterocycles. The summed E-state index contributed by atoms with van der Waals surface area (Å²) >= 11 is 5.26. The van der Waals surface area contributed by atoms with E-state index in [1.54, 1.807) is 6.07 Å². The predicted molar refractivity (Wildman–Crippen MR) is 96.8 cm³/mol. The fraction of sp³-hybridized carbons (Fsp3) is 0.529. The molecule has 0 radical (unpaired) electrons. The van der Waals surface area contributed by atoms with Gasteiger partial charge in [0.1, 0.15) is 12.6 Å². The van der Waals surface area contributed by atoms with Crippen molar-refractivity contribution in [2.24, 2.45) is 0 Å². The van der Waals surface area contributed by atoms with Gasteiger partial charge in [0, 0.05) is 19.7 Å². The summed E-state index contributed by atoms with van der Waals surface area (Å²) < 4.78 is 15.7. The van der Waals surface area contributed by atoms with Gasteiger partial charge in [-0.3, -0.25) is 19.7 Å². The van der Waals surface area contributed by atoms with Gasteiger partial charge in [0.2, 0.25) is 5.91 Å². The molecule has 2 amide bonds. The van der Waals surface area contributed by atoms with E-state index in [-0.39, 0.29) is 35.9 Å². The molecule has 0 spiro atoms. The van der Waals surface area contributed by atoms with Crippen LogP contribution in [0.4, 0.5) is 0 Å². The van der Waals surface area contributed by atoms with Crippen molar-refractivity contribution < 1.29 is 28.3 Å². The molecule has 2 aliphatic rings. The maximum absolute atomic E-state index is 12.2. The van der Waals surface area contributed by atoms with Crippen LogP contribution in [0.5, 0.6) is 0 Å². The number of rotatable bonds is 5. The smallest absolute Gasteiger partial charge is 0.308 e. The summed E-state index contributed by atoms with van der Waals surface area (Å²) in [5.74, 6) is -1.27. The number of hydrogen-bond acceptors (Lipinski definition) is 7. The first-order valence-electron chi connectivity index (χ1n) is 8.75. The highest BCUT2D eigenvalue weighted by Gasteiger charge is 2.34. The molecule has 0 bridgehead atoms. The third kappa shape index (κ3) is 5.04. The van der Waals surface area contributed by atoms with Crippen molar-refractivity contribution in [2.45, 2.75) is 31.4 Å². The number of esters is 1. The lowest BCUT2D eigenvalue weighted by Crippen LogP contribution is -2.60. The van der Waals surface area contributed by atoms with Crippen LogP contribution in [0.1, 0.15) is 29.8 Å². The predicted octanol–water partition coefficient (Wildman–Crippen LogP) is 0.207. The summed E-state index contributed by atoms with van der Waals surface area (Å²) in [6.45, 7) is 1.57. The van der Waals surface area contributed by atoms with Gasteiger partial charge in [-0.15, -0.1) is 0 Å². The van der Waals surface area contributed by atoms with Crippen LogP contribution in [0.2, 0.25) is 0 Å². The molecule has 9 nitrogen and oxygen atoms in total. The minimum atomic E-state index is -0.847. The van der Waals surface area contributed by atoms with Gasteiger partial charge in [-0.05, 0) is 37.2 Å². The number of carbonyl (C=O) groups excluding carboxylic acids is 3. The Bertz CT molecular complexity index is 702. The van der Waals surface area contributed by atoms with Crippen LogP contribution in [0.25, 0.3) is 0 Å². The van der Waals surface area contributed by atoms with E-state index in [1.165, 1.54) is 17.2 Å². The van der Waals surface area contributed by atoms with Crippen LogP contribution in [0.15, 0.2) is 22.8 Å². The van der Waals surface area contributed by atoms with E-state index in [9.17, 15) is 14.4 Å². The van der Waals surface area contributed by atoms with Gasteiger partial charge in [0.05, 0.1) is 18.8 Å². The Morgan fingerprint density at radius 1 is 1.44 bits per heavy atom. The molecule has 27 heavy (non-hydrogen) atoms. The van der Waals surface area contributed by atoms with Crippen molar-refractivity contribution >= 4 is 35.1 Å². The number of thiocarbonyl (C=S) groups is 1. The Morgan fingerprint density at radius 2 is 2.30 bits per heavy atom. The summed E-state index contributed by atoms with van der Waals surface area (Å²) in [7, 11) is 0. The van der Waals surface area contributed by atoms with Crippen molar-refractivity contribution in [3.8, 4) is 0 Å². The number of amides is 2. The maximum Gasteiger partial charge on any atom is 0.308 e. The zero-order valence-corrected chi connectivity index (χ0v) is 15.5. The van der Waals surface area contributed by atoms with Crippen LogP contribution in [0, 0.1) is 0 Å². The highest BCUT2D eigenvalue weighted by molar-refractivity contribution is 7.80. The van der Waals surface area contributed by atoms with E-state index in [4.69, 9.17) is 26.1 Å². The molecule has 1 aromatic rings. The first kappa shape index (κ1) is 19.3. The van der Waals surface area contributed by atoms with Crippen LogP contribution < -0.4 is 10.6 Å². The summed E-state index contributed by atoms with van der Waals surface area (Å²) in [5, 5.41) is 5.28. The second-order valence-corrected chi connectivity index (χ2v) is 6.65. The van der Waals surface area contributed by atoms with Crippen molar-refractivity contribution in [1.29, 1.82) is 0 Å². The third-order valence-corrected chi connectivity index (χ3v) is 4.71. The lowest BCUT2D eigenvalue weighted by atomic mass is 10.1. The second kappa shape index (κ2) is 8.96. The largest absolute Gasteiger partial charge is 0.463 e. The zero-order chi connectivity index (χ0) is 19.2. The van der Waals surface area contributed by atoms with E-state index < -0.39 is 17.9 Å². The van der Waals surface area contributed by atoms with E-state index in [2.05, 4.69) is 10.6 Å². The number of ether oxygens (including phenoxy) is 2. The molecule has 0 aliphatic carbocycles. The van der Waals surface area contributed by atoms with Gasteiger partial charge in [-0.2, -0.15) is 0 Å². The fourth-order valence-corrected chi connectivity index (χ4v) is 3.29. The van der Waals surface area contributed by atoms with Crippen LogP contribution in [-0.2, 0) is 19.1 Å². The summed E-state index contributed by atoms with van der Waals surface area (Å²) in [5.41, 5.74) is 0. The van der Waals surface area contributed by atoms with Crippen molar-refractivity contribution in [3.05, 3.63) is 24.2 Å². The maximum atomic E-state index is 12.2. The Labute approximate surface area is 161 Å². The number of nitrogens with zero attached hydrogens (tertiary/aromatic N) is 1. The van der Waals surface area contributed by atoms with Crippen molar-refractivity contribution in [1.82, 2.24) is 15.5 Å². The topological polar surface area (TPSA) is 110 Å². The van der Waals surface area contributed by atoms with E-state index in [1.807, 2.05) is 0 Å². The van der Waals surface area contributed by atoms with E-state index in [0.717, 1.165) is 12.8 Å². The molecule has 1 aromatic heterocycles. The minimum Gasteiger partial charge on any atom is -0.463 e. The average Bonchev–Trinajstić information content (AvgIpc) is 3.35. The molecule has 2 N–H and O–H groups in total. The van der Waals surface area contributed by atoms with E-state index >= 15 is 0 Å². The molecule has 2 atom stereocenters. The highest BCUT2D eigenvalue weighted by atomic mass is 32.1. The van der Waals surface area contributed by atoms with Crippen LogP contribution in [0.3, 0.4) is 0 Å². The number of carbonyl (C=O) groups is 3. The fourth-order valence-electron chi connectivity index (χ4n) is 2.98. The van der Waals surface area contributed by atoms with Gasteiger partial charge in [-0.25, -0.2) is 0 Å². The van der Waals surface area contributed by atoms with Gasteiger partial charge in [-0.1, -0.05) is 0 Å². The quantitative estimate of drug-likeness (QED) is 0.538. The normalized spacial score (nSPS) is 22.2. The molecule has 3 heterocycles. The molecular formula is C17H21N3O6S. The molecule has 0 aromatic carbocycles. The standard InChI is InChI=1S/C17H21N3O6S/c21-14(26-10-11-3-1-7-24-11)9-12-15(22)18-5-6-20(12)17(27)19-16(23)13-4-2-8-25-13/h2,4,8,11-12H,1,3,5-7,9-10H2,(H,18,22)(H,19,23,27). The summed E-state index contributed by atoms with van der Waals surface area (Å²) in [6.07, 6.45) is 2.92. The molecule has 2 unspecified atom stereocenters. The van der Waals surface area contributed by atoms with Crippen molar-refractivity contribution in [3.63, 3.8) is 0 Å². The van der Waals surface area contributed by atoms with Gasteiger partial charge in [0.25, 0.3) is 5.91 Å². The Hall–Kier alpha value is -2.46. The third-order valence-electron chi connectivity index (χ3n) is 4.37. The number of piperazine rings is 1. The molecule has 10 heteroatoms. The Morgan fingerprint density at radius 3 is 3.00 bits per heavy atom. The zero-order valence-electron chi connectivity index (χ0n) is 14.6. The monoisotopic (exact) mass is 395 g/mol. The summed E-state index contributed by atoms with van der Waals surface area (Å²) in [6, 6.07) is 2.24. The molecular weight excluding hydrogens is 374 g/mol. The van der Waals surface area contributed by atoms with Crippen LogP contribution >= 0.6 is 12.2 Å². The Balaban J connectivity index is 1.56. The van der Waals surface area contributed by atoms with Gasteiger partial charge in [0.15, 0.2) is 10.9 Å². The van der Waals surface area contributed by atoms with Gasteiger partial charge >= 0.3 is 5.97 Å². The molecule has 2 aliphatic heterocycles. The molecule has 0 saturated carbocycles. The summed E-state index contributed by atoms with van der Waals surface area (Å²) in [4.78, 5) is 38.0. The molecule has 2 fully saturated rings. The molecule has 3 rings (SSSR count). The number of hydrogen-bond donors (Lipinski definition) is 2. The second-order valence-electron chi connectivity index (χ2n) is 6.26. The average molecular weight is 395 g/mol. The van der Waals surface area contributed by atoms with Crippen molar-refractivity contribution in [2.75, 3.05) is 26.3 Å². The van der Waals surface area contributed by atoms with Crippen LogP contribution in [-0.4, -0.2) is 66.2 Å².